The maximum absolute atomic E-state index is 12.0. The summed E-state index contributed by atoms with van der Waals surface area (Å²) in [7, 11) is -3.59. The predicted molar refractivity (Wildman–Crippen MR) is 57.2 cm³/mol. The molecule has 0 amide bonds. The van der Waals surface area contributed by atoms with Crippen LogP contribution in [0.15, 0.2) is 29.4 Å². The molecule has 1 aliphatic rings. The molecule has 5 nitrogen and oxygen atoms in total. The maximum atomic E-state index is 12.0. The van der Waals surface area contributed by atoms with Crippen molar-refractivity contribution < 1.29 is 13.2 Å². The van der Waals surface area contributed by atoms with E-state index in [1.807, 2.05) is 0 Å². The highest BCUT2D eigenvalue weighted by Gasteiger charge is 2.29. The number of rotatable bonds is 2. The fraction of sp³-hybridized carbons (Fsp3) is 0.400. The first kappa shape index (κ1) is 11.2. The van der Waals surface area contributed by atoms with Crippen molar-refractivity contribution in [2.75, 3.05) is 13.1 Å². The molecule has 86 valence electrons. The molecule has 1 aromatic rings. The standard InChI is InChI=1S/C10H12N2O3S/c13-9-4-3-7-12(8-9)16(14,15)10-5-1-2-6-11-10/h1-2,5-6H,3-4,7-8H2. The van der Waals surface area contributed by atoms with Crippen LogP contribution in [0.3, 0.4) is 0 Å². The Hall–Kier alpha value is -1.27. The molecule has 0 atom stereocenters. The van der Waals surface area contributed by atoms with Gasteiger partial charge in [-0.1, -0.05) is 6.07 Å². The number of ketones is 1. The molecule has 0 aliphatic carbocycles. The summed E-state index contributed by atoms with van der Waals surface area (Å²) >= 11 is 0. The van der Waals surface area contributed by atoms with Gasteiger partial charge in [0, 0.05) is 19.2 Å². The first-order valence-corrected chi connectivity index (χ1v) is 6.47. The lowest BCUT2D eigenvalue weighted by atomic mass is 10.1. The number of carbonyl (C=O) groups excluding carboxylic acids is 1. The highest BCUT2D eigenvalue weighted by atomic mass is 32.2. The number of sulfonamides is 1. The van der Waals surface area contributed by atoms with Gasteiger partial charge in [0.25, 0.3) is 10.0 Å². The van der Waals surface area contributed by atoms with E-state index in [1.165, 1.54) is 16.6 Å². The lowest BCUT2D eigenvalue weighted by Gasteiger charge is -2.24. The minimum Gasteiger partial charge on any atom is -0.298 e. The Morgan fingerprint density at radius 1 is 1.31 bits per heavy atom. The summed E-state index contributed by atoms with van der Waals surface area (Å²) in [6, 6.07) is 4.71. The zero-order chi connectivity index (χ0) is 11.6. The van der Waals surface area contributed by atoms with Crippen molar-refractivity contribution >= 4 is 15.8 Å². The molecular weight excluding hydrogens is 228 g/mol. The van der Waals surface area contributed by atoms with E-state index in [0.717, 1.165) is 0 Å². The summed E-state index contributed by atoms with van der Waals surface area (Å²) < 4.78 is 25.3. The van der Waals surface area contributed by atoms with Crippen LogP contribution in [0.4, 0.5) is 0 Å². The third-order valence-electron chi connectivity index (χ3n) is 2.46. The molecule has 0 aromatic carbocycles. The smallest absolute Gasteiger partial charge is 0.260 e. The van der Waals surface area contributed by atoms with Gasteiger partial charge in [0.05, 0.1) is 6.54 Å². The normalized spacial score (nSPS) is 18.6. The molecule has 0 spiro atoms. The topological polar surface area (TPSA) is 67.3 Å². The minimum absolute atomic E-state index is 0.00435. The van der Waals surface area contributed by atoms with E-state index in [4.69, 9.17) is 0 Å². The van der Waals surface area contributed by atoms with Crippen molar-refractivity contribution in [3.63, 3.8) is 0 Å². The molecule has 0 saturated carbocycles. The van der Waals surface area contributed by atoms with Gasteiger partial charge >= 0.3 is 0 Å². The van der Waals surface area contributed by atoms with E-state index in [9.17, 15) is 13.2 Å². The summed E-state index contributed by atoms with van der Waals surface area (Å²) in [6.07, 6.45) is 2.48. The van der Waals surface area contributed by atoms with Crippen molar-refractivity contribution in [2.24, 2.45) is 0 Å². The third-order valence-corrected chi connectivity index (χ3v) is 4.22. The first-order chi connectivity index (χ1) is 7.60. The quantitative estimate of drug-likeness (QED) is 0.752. The molecule has 6 heteroatoms. The van der Waals surface area contributed by atoms with Crippen LogP contribution >= 0.6 is 0 Å². The summed E-state index contributed by atoms with van der Waals surface area (Å²) in [4.78, 5) is 15.0. The molecule has 0 bridgehead atoms. The van der Waals surface area contributed by atoms with Crippen LogP contribution in [0.2, 0.25) is 0 Å². The van der Waals surface area contributed by atoms with Crippen molar-refractivity contribution in [2.45, 2.75) is 17.9 Å². The molecule has 0 radical (unpaired) electrons. The maximum Gasteiger partial charge on any atom is 0.260 e. The van der Waals surface area contributed by atoms with Gasteiger partial charge in [-0.15, -0.1) is 0 Å². The summed E-state index contributed by atoms with van der Waals surface area (Å²) in [6.45, 7) is 0.365. The van der Waals surface area contributed by atoms with Gasteiger partial charge in [0.15, 0.2) is 5.03 Å². The molecule has 16 heavy (non-hydrogen) atoms. The van der Waals surface area contributed by atoms with Gasteiger partial charge in [-0.3, -0.25) is 4.79 Å². The molecule has 1 aromatic heterocycles. The van der Waals surface area contributed by atoms with Crippen LogP contribution in [0, 0.1) is 0 Å². The van der Waals surface area contributed by atoms with Crippen molar-refractivity contribution in [1.29, 1.82) is 0 Å². The van der Waals surface area contributed by atoms with Crippen LogP contribution in [-0.4, -0.2) is 36.6 Å². The van der Waals surface area contributed by atoms with E-state index in [2.05, 4.69) is 4.98 Å². The highest BCUT2D eigenvalue weighted by Crippen LogP contribution is 2.16. The molecule has 0 unspecified atom stereocenters. The second-order valence-electron chi connectivity index (χ2n) is 3.65. The summed E-state index contributed by atoms with van der Waals surface area (Å²) in [5.41, 5.74) is 0. The molecule has 1 saturated heterocycles. The predicted octanol–water partition coefficient (Wildman–Crippen LogP) is 0.435. The van der Waals surface area contributed by atoms with Crippen LogP contribution in [0.1, 0.15) is 12.8 Å². The molecule has 1 fully saturated rings. The number of aromatic nitrogens is 1. The number of carbonyl (C=O) groups is 1. The number of hydrogen-bond donors (Lipinski definition) is 0. The van der Waals surface area contributed by atoms with Crippen LogP contribution in [0.5, 0.6) is 0 Å². The first-order valence-electron chi connectivity index (χ1n) is 5.03. The number of pyridine rings is 1. The fourth-order valence-corrected chi connectivity index (χ4v) is 3.04. The third kappa shape index (κ3) is 2.12. The zero-order valence-corrected chi connectivity index (χ0v) is 9.48. The van der Waals surface area contributed by atoms with Crippen LogP contribution in [-0.2, 0) is 14.8 Å². The van der Waals surface area contributed by atoms with E-state index in [1.54, 1.807) is 12.1 Å². The largest absolute Gasteiger partial charge is 0.298 e. The van der Waals surface area contributed by atoms with Crippen LogP contribution < -0.4 is 0 Å². The fourth-order valence-electron chi connectivity index (χ4n) is 1.64. The molecule has 1 aliphatic heterocycles. The summed E-state index contributed by atoms with van der Waals surface area (Å²) in [5, 5.41) is 0.00435. The Morgan fingerprint density at radius 2 is 2.12 bits per heavy atom. The lowest BCUT2D eigenvalue weighted by Crippen LogP contribution is -2.40. The molecular formula is C10H12N2O3S. The second kappa shape index (κ2) is 4.31. The highest BCUT2D eigenvalue weighted by molar-refractivity contribution is 7.89. The Labute approximate surface area is 94.2 Å². The average molecular weight is 240 g/mol. The van der Waals surface area contributed by atoms with E-state index < -0.39 is 10.0 Å². The monoisotopic (exact) mass is 240 g/mol. The van der Waals surface area contributed by atoms with Gasteiger partial charge in [0.2, 0.25) is 0 Å². The molecule has 0 N–H and O–H groups in total. The van der Waals surface area contributed by atoms with Gasteiger partial charge in [-0.05, 0) is 18.6 Å². The Kier molecular flexibility index (Phi) is 3.02. The SMILES string of the molecule is O=C1CCCN(S(=O)(=O)c2ccccn2)C1. The van der Waals surface area contributed by atoms with Gasteiger partial charge < -0.3 is 0 Å². The lowest BCUT2D eigenvalue weighted by molar-refractivity contribution is -0.120. The van der Waals surface area contributed by atoms with E-state index >= 15 is 0 Å². The Morgan fingerprint density at radius 3 is 2.75 bits per heavy atom. The number of nitrogens with zero attached hydrogens (tertiary/aromatic N) is 2. The zero-order valence-electron chi connectivity index (χ0n) is 8.67. The van der Waals surface area contributed by atoms with Crippen molar-refractivity contribution in [3.8, 4) is 0 Å². The van der Waals surface area contributed by atoms with Crippen molar-refractivity contribution in [1.82, 2.24) is 9.29 Å². The van der Waals surface area contributed by atoms with E-state index in [-0.39, 0.29) is 17.4 Å². The van der Waals surface area contributed by atoms with Gasteiger partial charge in [0.1, 0.15) is 5.78 Å². The van der Waals surface area contributed by atoms with Gasteiger partial charge in [-0.2, -0.15) is 4.31 Å². The molecule has 2 heterocycles. The summed E-state index contributed by atoms with van der Waals surface area (Å²) in [5.74, 6) is -0.0363. The van der Waals surface area contributed by atoms with Gasteiger partial charge in [-0.25, -0.2) is 13.4 Å². The minimum atomic E-state index is -3.59. The van der Waals surface area contributed by atoms with E-state index in [0.29, 0.717) is 19.4 Å². The van der Waals surface area contributed by atoms with Crippen LogP contribution in [0.25, 0.3) is 0 Å². The molecule has 2 rings (SSSR count). The number of piperidine rings is 1. The Bertz CT molecular complexity index is 484. The number of Topliss-reactive ketones (excluding diaryl/α,β-unsaturated/α-hetero) is 1. The Balaban J connectivity index is 2.29. The van der Waals surface area contributed by atoms with Crippen molar-refractivity contribution in [3.05, 3.63) is 24.4 Å². The average Bonchev–Trinajstić information content (AvgIpc) is 2.30. The number of hydrogen-bond acceptors (Lipinski definition) is 4. The second-order valence-corrected chi connectivity index (χ2v) is 5.53.